The minimum Gasteiger partial charge on any atom is -0.0771 e. The highest BCUT2D eigenvalue weighted by Gasteiger charge is 2.71. The Hall–Kier alpha value is 2.72. The van der Waals surface area contributed by atoms with E-state index in [0.717, 1.165) is 23.5 Å². The van der Waals surface area contributed by atoms with Crippen LogP contribution in [0.5, 0.6) is 0 Å². The van der Waals surface area contributed by atoms with Crippen LogP contribution in [0.4, 0.5) is 0 Å². The summed E-state index contributed by atoms with van der Waals surface area (Å²) in [6, 6.07) is 20.7. The zero-order valence-electron chi connectivity index (χ0n) is 15.3. The van der Waals surface area contributed by atoms with Crippen LogP contribution in [0.15, 0.2) is 78.6 Å². The molecule has 0 spiro atoms. The molecule has 0 heterocycles. The van der Waals surface area contributed by atoms with Gasteiger partial charge in [0.05, 0.1) is 4.32 Å². The van der Waals surface area contributed by atoms with Crippen molar-refractivity contribution in [1.29, 1.82) is 0 Å². The molecule has 3 unspecified atom stereocenters. The predicted molar refractivity (Wildman–Crippen MR) is 170 cm³/mol. The largest absolute Gasteiger partial charge is 0.156 e. The first kappa shape index (κ1) is 28.3. The lowest BCUT2D eigenvalue weighted by Gasteiger charge is -2.57. The number of benzene rings is 2. The third-order valence-corrected chi connectivity index (χ3v) is 20.4. The molecule has 10 heteroatoms. The molecule has 0 radical (unpaired) electrons. The van der Waals surface area contributed by atoms with Gasteiger partial charge in [-0.1, -0.05) is 188 Å². The van der Waals surface area contributed by atoms with Gasteiger partial charge in [0.25, 0.3) is 0 Å². The van der Waals surface area contributed by atoms with E-state index in [1.807, 2.05) is 24.3 Å². The first-order chi connectivity index (χ1) is 14.3. The Morgan fingerprint density at radius 1 is 0.645 bits per heavy atom. The lowest BCUT2D eigenvalue weighted by Crippen LogP contribution is -2.63. The van der Waals surface area contributed by atoms with E-state index < -0.39 is 15.1 Å². The molecular formula is C21H12Br10. The topological polar surface area (TPSA) is 0 Å². The first-order valence-corrected chi connectivity index (χ1v) is 16.6. The van der Waals surface area contributed by atoms with Crippen LogP contribution in [0.25, 0.3) is 0 Å². The molecule has 3 rings (SSSR count). The van der Waals surface area contributed by atoms with Crippen LogP contribution in [0, 0.1) is 0 Å². The number of alkyl halides is 6. The fourth-order valence-corrected chi connectivity index (χ4v) is 13.5. The van der Waals surface area contributed by atoms with E-state index in [4.69, 9.17) is 0 Å². The minimum atomic E-state index is -0.768. The standard InChI is InChI=1S/C21H12Br10/c22-14-15(23)17(25)20(28,18(26,16(14)24)11-12-7-3-1-4-8-12)19(27,21(29,30)31)13-9-5-2-6-10-13/h1-10H,11H2. The van der Waals surface area contributed by atoms with E-state index in [2.05, 4.69) is 196 Å². The van der Waals surface area contributed by atoms with E-state index in [1.54, 1.807) is 0 Å². The van der Waals surface area contributed by atoms with Gasteiger partial charge in [-0.05, 0) is 49.4 Å². The lowest BCUT2D eigenvalue weighted by atomic mass is 9.73. The summed E-state index contributed by atoms with van der Waals surface area (Å²) in [5, 5.41) is 0. The van der Waals surface area contributed by atoms with Crippen molar-refractivity contribution in [2.75, 3.05) is 0 Å². The van der Waals surface area contributed by atoms with E-state index in [1.165, 1.54) is 5.56 Å². The molecular weight excluding hydrogens is 1050 g/mol. The highest BCUT2D eigenvalue weighted by atomic mass is 80.0. The summed E-state index contributed by atoms with van der Waals surface area (Å²) < 4.78 is 0.802. The summed E-state index contributed by atoms with van der Waals surface area (Å²) in [7, 11) is 0. The Labute approximate surface area is 266 Å². The summed E-state index contributed by atoms with van der Waals surface area (Å²) >= 11 is 39.6. The minimum absolute atomic E-state index is 0.629. The van der Waals surface area contributed by atoms with Crippen LogP contribution in [0.2, 0.25) is 0 Å². The van der Waals surface area contributed by atoms with E-state index in [0.29, 0.717) is 6.42 Å². The fourth-order valence-electron chi connectivity index (χ4n) is 3.57. The molecule has 0 fully saturated rings. The van der Waals surface area contributed by atoms with Crippen LogP contribution in [0.1, 0.15) is 11.1 Å². The first-order valence-electron chi connectivity index (χ1n) is 8.67. The van der Waals surface area contributed by atoms with Crippen LogP contribution in [-0.2, 0) is 10.7 Å². The van der Waals surface area contributed by atoms with Gasteiger partial charge in [-0.25, -0.2) is 0 Å². The maximum absolute atomic E-state index is 4.24. The zero-order valence-corrected chi connectivity index (χ0v) is 31.1. The van der Waals surface area contributed by atoms with Gasteiger partial charge in [0.15, 0.2) is 2.14 Å². The molecule has 0 N–H and O–H groups in total. The number of hydrogen-bond acceptors (Lipinski definition) is 0. The van der Waals surface area contributed by atoms with Gasteiger partial charge >= 0.3 is 0 Å². The molecule has 0 saturated heterocycles. The van der Waals surface area contributed by atoms with E-state index >= 15 is 0 Å². The predicted octanol–water partition coefficient (Wildman–Crippen LogP) is 11.6. The zero-order chi connectivity index (χ0) is 23.2. The summed E-state index contributed by atoms with van der Waals surface area (Å²) in [6.07, 6.45) is 0.688. The molecule has 1 aliphatic rings. The summed E-state index contributed by atoms with van der Waals surface area (Å²) in [5.74, 6) is 0. The lowest BCUT2D eigenvalue weighted by molar-refractivity contribution is 0.461. The third kappa shape index (κ3) is 4.74. The highest BCUT2D eigenvalue weighted by molar-refractivity contribution is 9.40. The van der Waals surface area contributed by atoms with Crippen molar-refractivity contribution in [3.05, 3.63) is 89.7 Å². The third-order valence-electron chi connectivity index (χ3n) is 5.10. The Bertz CT molecular complexity index is 1030. The molecule has 1 aliphatic carbocycles. The SMILES string of the molecule is BrC1=C(Br)C(Br)(Cc2ccccc2)C(Br)(C(Br)(c2ccccc2)C(Br)(Br)Br)C(Br)=C1Br. The van der Waals surface area contributed by atoms with Crippen molar-refractivity contribution in [3.8, 4) is 0 Å². The van der Waals surface area contributed by atoms with Crippen LogP contribution in [-0.4, -0.2) is 10.8 Å². The van der Waals surface area contributed by atoms with Gasteiger partial charge in [0.1, 0.15) is 8.65 Å². The fraction of sp³-hybridized carbons (Fsp3) is 0.238. The average Bonchev–Trinajstić information content (AvgIpc) is 2.75. The van der Waals surface area contributed by atoms with Crippen LogP contribution >= 0.6 is 159 Å². The van der Waals surface area contributed by atoms with Crippen molar-refractivity contribution in [1.82, 2.24) is 0 Å². The Morgan fingerprint density at radius 2 is 1.10 bits per heavy atom. The van der Waals surface area contributed by atoms with E-state index in [-0.39, 0.29) is 0 Å². The maximum atomic E-state index is 4.24. The van der Waals surface area contributed by atoms with Gasteiger partial charge in [0.2, 0.25) is 0 Å². The second-order valence-corrected chi connectivity index (χ2v) is 20.6. The molecule has 0 nitrogen and oxygen atoms in total. The van der Waals surface area contributed by atoms with Gasteiger partial charge in [-0.15, -0.1) is 0 Å². The molecule has 0 saturated carbocycles. The van der Waals surface area contributed by atoms with Crippen molar-refractivity contribution in [2.24, 2.45) is 0 Å². The average molecular weight is 1060 g/mol. The van der Waals surface area contributed by atoms with Gasteiger partial charge < -0.3 is 0 Å². The Kier molecular flexibility index (Phi) is 9.68. The van der Waals surface area contributed by atoms with Crippen molar-refractivity contribution >= 4 is 159 Å². The smallest absolute Gasteiger partial charge is 0.0771 e. The molecule has 0 aliphatic heterocycles. The molecule has 31 heavy (non-hydrogen) atoms. The maximum Gasteiger partial charge on any atom is 0.156 e. The molecule has 2 aromatic carbocycles. The summed E-state index contributed by atoms with van der Waals surface area (Å²) in [4.78, 5) is 0. The van der Waals surface area contributed by atoms with Gasteiger partial charge in [-0.3, -0.25) is 0 Å². The summed E-state index contributed by atoms with van der Waals surface area (Å²) in [5.41, 5.74) is 2.23. The van der Waals surface area contributed by atoms with Crippen LogP contribution in [0.3, 0.4) is 0 Å². The molecule has 166 valence electrons. The van der Waals surface area contributed by atoms with Gasteiger partial charge in [0, 0.05) is 17.9 Å². The van der Waals surface area contributed by atoms with Crippen LogP contribution < -0.4 is 0 Å². The normalized spacial score (nSPS) is 26.8. The van der Waals surface area contributed by atoms with E-state index in [9.17, 15) is 0 Å². The molecule has 2 aromatic rings. The quantitative estimate of drug-likeness (QED) is 0.268. The number of rotatable bonds is 4. The summed E-state index contributed by atoms with van der Waals surface area (Å²) in [6.45, 7) is 0. The molecule has 0 bridgehead atoms. The molecule has 0 amide bonds. The molecule has 3 atom stereocenters. The number of allylic oxidation sites excluding steroid dienone is 4. The number of hydrogen-bond donors (Lipinski definition) is 0. The van der Waals surface area contributed by atoms with Gasteiger partial charge in [-0.2, -0.15) is 0 Å². The Morgan fingerprint density at radius 3 is 1.58 bits per heavy atom. The highest BCUT2D eigenvalue weighted by Crippen LogP contribution is 2.74. The second-order valence-electron chi connectivity index (χ2n) is 6.90. The number of halogens is 10. The Balaban J connectivity index is 2.41. The second kappa shape index (κ2) is 10.6. The molecule has 0 aromatic heterocycles. The van der Waals surface area contributed by atoms with Crippen molar-refractivity contribution in [3.63, 3.8) is 0 Å². The van der Waals surface area contributed by atoms with Crippen molar-refractivity contribution in [2.45, 2.75) is 21.5 Å². The monoisotopic (exact) mass is 1050 g/mol. The van der Waals surface area contributed by atoms with Crippen molar-refractivity contribution < 1.29 is 0 Å².